The molecule has 1 N–H and O–H groups in total. The van der Waals surface area contributed by atoms with Gasteiger partial charge in [0.2, 0.25) is 5.79 Å². The molecule has 5 heteroatoms. The van der Waals surface area contributed by atoms with E-state index in [1.807, 2.05) is 13.8 Å². The van der Waals surface area contributed by atoms with Crippen molar-refractivity contribution in [2.75, 3.05) is 13.2 Å². The monoisotopic (exact) mass is 290 g/mol. The lowest BCUT2D eigenvalue weighted by Crippen LogP contribution is -2.55. The fourth-order valence-corrected chi connectivity index (χ4v) is 2.94. The van der Waals surface area contributed by atoms with E-state index in [-0.39, 0.29) is 17.6 Å². The van der Waals surface area contributed by atoms with Crippen molar-refractivity contribution in [2.24, 2.45) is 11.3 Å². The minimum Gasteiger partial charge on any atom is -0.481 e. The lowest BCUT2D eigenvalue weighted by atomic mass is 9.76. The lowest BCUT2D eigenvalue weighted by Gasteiger charge is -2.48. The van der Waals surface area contributed by atoms with E-state index in [1.54, 1.807) is 24.3 Å². The quantitative estimate of drug-likeness (QED) is 0.858. The molecule has 1 atom stereocenters. The summed E-state index contributed by atoms with van der Waals surface area (Å²) in [7, 11) is 0. The second kappa shape index (κ2) is 4.64. The second-order valence-corrected chi connectivity index (χ2v) is 6.47. The molecule has 1 saturated heterocycles. The zero-order chi connectivity index (χ0) is 15.3. The Morgan fingerprint density at radius 2 is 1.86 bits per heavy atom. The van der Waals surface area contributed by atoms with Crippen LogP contribution in [0.4, 0.5) is 0 Å². The van der Waals surface area contributed by atoms with Gasteiger partial charge in [-0.1, -0.05) is 38.1 Å². The number of hydrogen-bond donors (Lipinski definition) is 1. The summed E-state index contributed by atoms with van der Waals surface area (Å²) in [6.07, 6.45) is -0.104. The van der Waals surface area contributed by atoms with Crippen molar-refractivity contribution in [3.63, 3.8) is 0 Å². The van der Waals surface area contributed by atoms with Gasteiger partial charge in [0.05, 0.1) is 13.2 Å². The first-order chi connectivity index (χ1) is 9.86. The fraction of sp³-hybridized carbons (Fsp3) is 0.500. The van der Waals surface area contributed by atoms with Gasteiger partial charge in [0.1, 0.15) is 5.92 Å². The number of aliphatic carboxylic acids is 1. The zero-order valence-electron chi connectivity index (χ0n) is 12.1. The van der Waals surface area contributed by atoms with Crippen molar-refractivity contribution in [1.82, 2.24) is 0 Å². The molecule has 1 unspecified atom stereocenters. The Morgan fingerprint density at radius 1 is 1.24 bits per heavy atom. The summed E-state index contributed by atoms with van der Waals surface area (Å²) < 4.78 is 11.8. The molecule has 1 aromatic rings. The van der Waals surface area contributed by atoms with Crippen LogP contribution in [-0.2, 0) is 20.1 Å². The van der Waals surface area contributed by atoms with Crippen LogP contribution in [0, 0.1) is 11.3 Å². The highest BCUT2D eigenvalue weighted by molar-refractivity contribution is 6.01. The highest BCUT2D eigenvalue weighted by Crippen LogP contribution is 2.47. The summed E-state index contributed by atoms with van der Waals surface area (Å²) in [6, 6.07) is 6.95. The van der Waals surface area contributed by atoms with Crippen molar-refractivity contribution in [1.29, 1.82) is 0 Å². The zero-order valence-corrected chi connectivity index (χ0v) is 12.1. The van der Waals surface area contributed by atoms with E-state index < -0.39 is 17.7 Å². The minimum atomic E-state index is -1.36. The number of ether oxygens (including phenoxy) is 2. The number of ketones is 1. The number of carboxylic acids is 1. The van der Waals surface area contributed by atoms with Gasteiger partial charge in [-0.2, -0.15) is 0 Å². The fourth-order valence-electron chi connectivity index (χ4n) is 2.94. The minimum absolute atomic E-state index is 0.104. The highest BCUT2D eigenvalue weighted by Gasteiger charge is 2.55. The summed E-state index contributed by atoms with van der Waals surface area (Å²) in [5.74, 6) is -3.62. The molecule has 21 heavy (non-hydrogen) atoms. The van der Waals surface area contributed by atoms with Gasteiger partial charge in [0.25, 0.3) is 0 Å². The van der Waals surface area contributed by atoms with Gasteiger partial charge in [0, 0.05) is 23.0 Å². The van der Waals surface area contributed by atoms with Crippen molar-refractivity contribution in [3.05, 3.63) is 35.4 Å². The Morgan fingerprint density at radius 3 is 2.48 bits per heavy atom. The summed E-state index contributed by atoms with van der Waals surface area (Å²) >= 11 is 0. The van der Waals surface area contributed by atoms with E-state index in [2.05, 4.69) is 0 Å². The first-order valence-electron chi connectivity index (χ1n) is 6.99. The SMILES string of the molecule is CC1(C)COC2(OC1)c1ccccc1C(=O)CC2C(=O)O. The molecular weight excluding hydrogens is 272 g/mol. The standard InChI is InChI=1S/C16H18O5/c1-15(2)8-20-16(21-9-15)11-6-4-3-5-10(11)13(17)7-12(16)14(18)19/h3-6,12H,7-9H2,1-2H3,(H,18,19). The molecular formula is C16H18O5. The summed E-state index contributed by atoms with van der Waals surface area (Å²) in [5.41, 5.74) is 0.851. The molecule has 5 nitrogen and oxygen atoms in total. The molecule has 1 spiro atoms. The first kappa shape index (κ1) is 14.2. The van der Waals surface area contributed by atoms with Gasteiger partial charge in [-0.05, 0) is 0 Å². The number of benzene rings is 1. The smallest absolute Gasteiger partial charge is 0.312 e. The Hall–Kier alpha value is -1.72. The maximum absolute atomic E-state index is 12.2. The number of rotatable bonds is 1. The Labute approximate surface area is 122 Å². The van der Waals surface area contributed by atoms with Crippen LogP contribution >= 0.6 is 0 Å². The second-order valence-electron chi connectivity index (χ2n) is 6.47. The number of fused-ring (bicyclic) bond motifs is 2. The average Bonchev–Trinajstić information content (AvgIpc) is 2.45. The Bertz CT molecular complexity index is 594. The topological polar surface area (TPSA) is 72.8 Å². The normalized spacial score (nSPS) is 26.4. The molecule has 0 radical (unpaired) electrons. The molecule has 0 aromatic heterocycles. The molecule has 1 aliphatic carbocycles. The predicted octanol–water partition coefficient (Wildman–Crippen LogP) is 2.20. The van der Waals surface area contributed by atoms with Crippen molar-refractivity contribution >= 4 is 11.8 Å². The summed E-state index contributed by atoms with van der Waals surface area (Å²) in [4.78, 5) is 23.8. The maximum atomic E-state index is 12.2. The van der Waals surface area contributed by atoms with E-state index >= 15 is 0 Å². The van der Waals surface area contributed by atoms with Crippen molar-refractivity contribution in [2.45, 2.75) is 26.1 Å². The molecule has 112 valence electrons. The van der Waals surface area contributed by atoms with E-state index in [1.165, 1.54) is 0 Å². The maximum Gasteiger partial charge on any atom is 0.312 e. The summed E-state index contributed by atoms with van der Waals surface area (Å²) in [5, 5.41) is 9.52. The van der Waals surface area contributed by atoms with Gasteiger partial charge in [-0.15, -0.1) is 0 Å². The predicted molar refractivity (Wildman–Crippen MR) is 73.9 cm³/mol. The van der Waals surface area contributed by atoms with Crippen LogP contribution in [0.25, 0.3) is 0 Å². The molecule has 0 bridgehead atoms. The molecule has 0 saturated carbocycles. The number of carbonyl (C=O) groups excluding carboxylic acids is 1. The van der Waals surface area contributed by atoms with Crippen LogP contribution in [0.1, 0.15) is 36.2 Å². The molecule has 3 rings (SSSR count). The highest BCUT2D eigenvalue weighted by atomic mass is 16.7. The molecule has 1 fully saturated rings. The molecule has 1 heterocycles. The first-order valence-corrected chi connectivity index (χ1v) is 6.99. The van der Waals surface area contributed by atoms with Crippen LogP contribution in [0.5, 0.6) is 0 Å². The van der Waals surface area contributed by atoms with Gasteiger partial charge in [-0.3, -0.25) is 9.59 Å². The van der Waals surface area contributed by atoms with E-state index in [0.29, 0.717) is 24.3 Å². The van der Waals surface area contributed by atoms with E-state index in [0.717, 1.165) is 0 Å². The van der Waals surface area contributed by atoms with Crippen molar-refractivity contribution < 1.29 is 24.2 Å². The van der Waals surface area contributed by atoms with E-state index in [4.69, 9.17) is 9.47 Å². The molecule has 1 aliphatic heterocycles. The third-order valence-corrected chi connectivity index (χ3v) is 4.10. The molecule has 2 aliphatic rings. The molecule has 1 aromatic carbocycles. The van der Waals surface area contributed by atoms with Crippen LogP contribution in [0.3, 0.4) is 0 Å². The van der Waals surface area contributed by atoms with Crippen LogP contribution < -0.4 is 0 Å². The van der Waals surface area contributed by atoms with E-state index in [9.17, 15) is 14.7 Å². The lowest BCUT2D eigenvalue weighted by molar-refractivity contribution is -0.330. The Balaban J connectivity index is 2.12. The third-order valence-electron chi connectivity index (χ3n) is 4.10. The average molecular weight is 290 g/mol. The van der Waals surface area contributed by atoms with Gasteiger partial charge in [-0.25, -0.2) is 0 Å². The van der Waals surface area contributed by atoms with Gasteiger partial charge < -0.3 is 14.6 Å². The van der Waals surface area contributed by atoms with Crippen LogP contribution in [0.15, 0.2) is 24.3 Å². The number of carboxylic acid groups (broad SMARTS) is 1. The number of hydrogen-bond acceptors (Lipinski definition) is 4. The third kappa shape index (κ3) is 2.17. The molecule has 0 amide bonds. The van der Waals surface area contributed by atoms with Crippen LogP contribution in [-0.4, -0.2) is 30.1 Å². The van der Waals surface area contributed by atoms with Crippen LogP contribution in [0.2, 0.25) is 0 Å². The Kier molecular flexibility index (Phi) is 3.15. The van der Waals surface area contributed by atoms with Gasteiger partial charge in [0.15, 0.2) is 5.78 Å². The summed E-state index contributed by atoms with van der Waals surface area (Å²) in [6.45, 7) is 4.77. The largest absolute Gasteiger partial charge is 0.481 e. The van der Waals surface area contributed by atoms with Gasteiger partial charge >= 0.3 is 5.97 Å². The number of Topliss-reactive ketones (excluding diaryl/α,β-unsaturated/α-hetero) is 1. The van der Waals surface area contributed by atoms with Crippen molar-refractivity contribution in [3.8, 4) is 0 Å². The number of carbonyl (C=O) groups is 2.